The van der Waals surface area contributed by atoms with E-state index in [1.165, 1.54) is 0 Å². The molecular formula is C19H17BrClN3O2. The summed E-state index contributed by atoms with van der Waals surface area (Å²) in [6.45, 7) is 2.02. The Kier molecular flexibility index (Phi) is 6.30. The summed E-state index contributed by atoms with van der Waals surface area (Å²) in [6, 6.07) is 11.8. The van der Waals surface area contributed by atoms with Crippen molar-refractivity contribution < 1.29 is 9.47 Å². The maximum atomic E-state index is 9.59. The number of aryl methyl sites for hydroxylation is 1. The van der Waals surface area contributed by atoms with Gasteiger partial charge in [0, 0.05) is 4.47 Å². The van der Waals surface area contributed by atoms with E-state index in [4.69, 9.17) is 9.47 Å². The third-order valence-electron chi connectivity index (χ3n) is 3.82. The van der Waals surface area contributed by atoms with Gasteiger partial charge in [0.05, 0.1) is 30.8 Å². The summed E-state index contributed by atoms with van der Waals surface area (Å²) in [5.41, 5.74) is 4.09. The van der Waals surface area contributed by atoms with Gasteiger partial charge >= 0.3 is 0 Å². The molecule has 0 aliphatic rings. The van der Waals surface area contributed by atoms with Crippen LogP contribution < -0.4 is 9.47 Å². The van der Waals surface area contributed by atoms with Crippen LogP contribution in [0.1, 0.15) is 17.0 Å². The zero-order valence-corrected chi connectivity index (χ0v) is 16.9. The van der Waals surface area contributed by atoms with Crippen molar-refractivity contribution in [1.82, 2.24) is 9.97 Å². The highest BCUT2D eigenvalue weighted by molar-refractivity contribution is 9.10. The molecule has 0 aliphatic heterocycles. The molecule has 2 aromatic carbocycles. The van der Waals surface area contributed by atoms with E-state index >= 15 is 0 Å². The van der Waals surface area contributed by atoms with Gasteiger partial charge in [-0.05, 0) is 48.4 Å². The number of aromatic nitrogens is 2. The number of ether oxygens (including phenoxy) is 2. The minimum absolute atomic E-state index is 0. The zero-order chi connectivity index (χ0) is 18.0. The smallest absolute Gasteiger partial charge is 0.161 e. The van der Waals surface area contributed by atoms with Crippen molar-refractivity contribution in [2.24, 2.45) is 0 Å². The summed E-state index contributed by atoms with van der Waals surface area (Å²) in [4.78, 5) is 7.71. The van der Waals surface area contributed by atoms with Gasteiger partial charge in [-0.25, -0.2) is 4.98 Å². The van der Waals surface area contributed by atoms with Gasteiger partial charge in [0.15, 0.2) is 11.5 Å². The molecule has 1 N–H and O–H groups in total. The third-order valence-corrected chi connectivity index (χ3v) is 4.50. The predicted molar refractivity (Wildman–Crippen MR) is 109 cm³/mol. The van der Waals surface area contributed by atoms with Gasteiger partial charge in [-0.2, -0.15) is 5.26 Å². The van der Waals surface area contributed by atoms with Crippen LogP contribution in [-0.2, 0) is 0 Å². The fourth-order valence-electron chi connectivity index (χ4n) is 2.54. The monoisotopic (exact) mass is 433 g/mol. The molecule has 7 heteroatoms. The molecule has 0 bridgehead atoms. The van der Waals surface area contributed by atoms with Crippen LogP contribution in [0.25, 0.3) is 22.7 Å². The second-order valence-electron chi connectivity index (χ2n) is 5.50. The third kappa shape index (κ3) is 3.85. The van der Waals surface area contributed by atoms with Gasteiger partial charge in [-0.3, -0.25) is 0 Å². The van der Waals surface area contributed by atoms with Crippen molar-refractivity contribution in [1.29, 1.82) is 5.26 Å². The maximum absolute atomic E-state index is 9.59. The molecule has 3 aromatic rings. The lowest BCUT2D eigenvalue weighted by molar-refractivity contribution is 0.354. The Labute approximate surface area is 166 Å². The Morgan fingerprint density at radius 2 is 1.88 bits per heavy atom. The van der Waals surface area contributed by atoms with E-state index in [1.54, 1.807) is 20.3 Å². The van der Waals surface area contributed by atoms with E-state index in [0.717, 1.165) is 26.6 Å². The Morgan fingerprint density at radius 3 is 2.54 bits per heavy atom. The molecule has 3 rings (SSSR count). The number of allylic oxidation sites excluding steroid dienone is 1. The van der Waals surface area contributed by atoms with Crippen LogP contribution in [-0.4, -0.2) is 24.2 Å². The minimum Gasteiger partial charge on any atom is -0.493 e. The lowest BCUT2D eigenvalue weighted by atomic mass is 10.1. The second-order valence-corrected chi connectivity index (χ2v) is 6.36. The number of rotatable bonds is 4. The van der Waals surface area contributed by atoms with Gasteiger partial charge in [0.2, 0.25) is 0 Å². The number of halogens is 2. The molecule has 134 valence electrons. The molecule has 0 aliphatic carbocycles. The van der Waals surface area contributed by atoms with Crippen LogP contribution >= 0.6 is 28.3 Å². The first-order chi connectivity index (χ1) is 12.0. The molecule has 26 heavy (non-hydrogen) atoms. The SMILES string of the molecule is COc1cc(Br)c(C=C(C#N)c2nc3ccc(C)cc3[nH]2)cc1OC.Cl. The fraction of sp³-hybridized carbons (Fsp3) is 0.158. The molecule has 0 saturated carbocycles. The molecule has 0 radical (unpaired) electrons. The number of nitrogens with zero attached hydrogens (tertiary/aromatic N) is 2. The molecule has 0 unspecified atom stereocenters. The highest BCUT2D eigenvalue weighted by Crippen LogP contribution is 2.35. The van der Waals surface area contributed by atoms with E-state index in [0.29, 0.717) is 22.9 Å². The lowest BCUT2D eigenvalue weighted by Crippen LogP contribution is -1.92. The quantitative estimate of drug-likeness (QED) is 0.577. The number of nitriles is 1. The molecule has 0 amide bonds. The van der Waals surface area contributed by atoms with Crippen molar-refractivity contribution in [3.05, 3.63) is 51.8 Å². The Morgan fingerprint density at radius 1 is 1.19 bits per heavy atom. The number of H-pyrrole nitrogens is 1. The number of fused-ring (bicyclic) bond motifs is 1. The molecule has 0 atom stereocenters. The molecule has 5 nitrogen and oxygen atoms in total. The fourth-order valence-corrected chi connectivity index (χ4v) is 2.98. The van der Waals surface area contributed by atoms with Crippen LogP contribution in [0.15, 0.2) is 34.8 Å². The van der Waals surface area contributed by atoms with Crippen molar-refractivity contribution in [2.75, 3.05) is 14.2 Å². The van der Waals surface area contributed by atoms with E-state index in [2.05, 4.69) is 32.0 Å². The van der Waals surface area contributed by atoms with Crippen LogP contribution in [0.2, 0.25) is 0 Å². The number of nitrogens with one attached hydrogen (secondary N) is 1. The first-order valence-electron chi connectivity index (χ1n) is 7.55. The van der Waals surface area contributed by atoms with Crippen LogP contribution in [0.4, 0.5) is 0 Å². The average Bonchev–Trinajstić information content (AvgIpc) is 3.03. The predicted octanol–water partition coefficient (Wildman–Crippen LogP) is 5.14. The topological polar surface area (TPSA) is 70.9 Å². The highest BCUT2D eigenvalue weighted by atomic mass is 79.9. The van der Waals surface area contributed by atoms with E-state index in [9.17, 15) is 5.26 Å². The van der Waals surface area contributed by atoms with Crippen molar-refractivity contribution in [3.63, 3.8) is 0 Å². The van der Waals surface area contributed by atoms with Gasteiger partial charge < -0.3 is 14.5 Å². The first kappa shape index (κ1) is 19.8. The van der Waals surface area contributed by atoms with Crippen molar-refractivity contribution in [3.8, 4) is 17.6 Å². The van der Waals surface area contributed by atoms with Crippen LogP contribution in [0, 0.1) is 18.3 Å². The number of imidazole rings is 1. The van der Waals surface area contributed by atoms with Gasteiger partial charge in [-0.1, -0.05) is 22.0 Å². The van der Waals surface area contributed by atoms with Gasteiger partial charge in [0.1, 0.15) is 11.9 Å². The summed E-state index contributed by atoms with van der Waals surface area (Å²) in [7, 11) is 3.16. The zero-order valence-electron chi connectivity index (χ0n) is 14.5. The van der Waals surface area contributed by atoms with Crippen molar-refractivity contribution >= 4 is 51.0 Å². The summed E-state index contributed by atoms with van der Waals surface area (Å²) < 4.78 is 11.4. The number of hydrogen-bond acceptors (Lipinski definition) is 4. The molecule has 1 aromatic heterocycles. The summed E-state index contributed by atoms with van der Waals surface area (Å²) in [6.07, 6.45) is 1.76. The molecule has 0 saturated heterocycles. The normalized spacial score (nSPS) is 11.0. The van der Waals surface area contributed by atoms with Gasteiger partial charge in [-0.15, -0.1) is 12.4 Å². The number of benzene rings is 2. The molecule has 0 fully saturated rings. The average molecular weight is 435 g/mol. The second kappa shape index (κ2) is 8.26. The van der Waals surface area contributed by atoms with E-state index in [-0.39, 0.29) is 12.4 Å². The van der Waals surface area contributed by atoms with Crippen LogP contribution in [0.5, 0.6) is 11.5 Å². The van der Waals surface area contributed by atoms with E-state index < -0.39 is 0 Å². The van der Waals surface area contributed by atoms with E-state index in [1.807, 2.05) is 37.3 Å². The standard InChI is InChI=1S/C19H16BrN3O2.ClH/c1-11-4-5-15-16(6-11)23-19(22-15)13(10-21)7-12-8-17(24-2)18(25-3)9-14(12)20;/h4-9H,1-3H3,(H,22,23);1H. The Bertz CT molecular complexity index is 1020. The maximum Gasteiger partial charge on any atom is 0.161 e. The molecule has 1 heterocycles. The Hall–Kier alpha value is -2.49. The highest BCUT2D eigenvalue weighted by Gasteiger charge is 2.12. The number of aromatic amines is 1. The van der Waals surface area contributed by atoms with Crippen LogP contribution in [0.3, 0.4) is 0 Å². The summed E-state index contributed by atoms with van der Waals surface area (Å²) >= 11 is 3.51. The Balaban J connectivity index is 0.00000243. The first-order valence-corrected chi connectivity index (χ1v) is 8.35. The molecule has 0 spiro atoms. The van der Waals surface area contributed by atoms with Gasteiger partial charge in [0.25, 0.3) is 0 Å². The minimum atomic E-state index is 0. The lowest BCUT2D eigenvalue weighted by Gasteiger charge is -2.10. The summed E-state index contributed by atoms with van der Waals surface area (Å²) in [5, 5.41) is 9.59. The van der Waals surface area contributed by atoms with Crippen molar-refractivity contribution in [2.45, 2.75) is 6.92 Å². The largest absolute Gasteiger partial charge is 0.493 e. The molecular weight excluding hydrogens is 418 g/mol. The summed E-state index contributed by atoms with van der Waals surface area (Å²) in [5.74, 6) is 1.74. The number of methoxy groups -OCH3 is 2. The number of hydrogen-bond donors (Lipinski definition) is 1.